The zero-order valence-corrected chi connectivity index (χ0v) is 16.5. The number of nitrogens with one attached hydrogen (secondary N) is 1. The topological polar surface area (TPSA) is 95.7 Å². The van der Waals surface area contributed by atoms with Crippen molar-refractivity contribution in [2.24, 2.45) is 5.73 Å². The third-order valence-electron chi connectivity index (χ3n) is 5.60. The molecule has 0 saturated heterocycles. The second-order valence-electron chi connectivity index (χ2n) is 7.46. The van der Waals surface area contributed by atoms with Gasteiger partial charge in [0.15, 0.2) is 0 Å². The van der Waals surface area contributed by atoms with Crippen molar-refractivity contribution in [2.75, 3.05) is 7.05 Å². The summed E-state index contributed by atoms with van der Waals surface area (Å²) in [6, 6.07) is 10.1. The average molecular weight is 381 g/mol. The molecular weight excluding hydrogens is 354 g/mol. The second-order valence-corrected chi connectivity index (χ2v) is 7.46. The number of primary amides is 1. The normalized spacial score (nSPS) is 17.1. The fraction of sp³-hybridized carbons (Fsp3) is 0.364. The van der Waals surface area contributed by atoms with Gasteiger partial charge in [0.1, 0.15) is 11.8 Å². The first-order valence-corrected chi connectivity index (χ1v) is 9.44. The summed E-state index contributed by atoms with van der Waals surface area (Å²) in [5.41, 5.74) is 10.6. The van der Waals surface area contributed by atoms with E-state index in [9.17, 15) is 14.7 Å². The summed E-state index contributed by atoms with van der Waals surface area (Å²) in [6.45, 7) is 4.21. The van der Waals surface area contributed by atoms with Crippen molar-refractivity contribution in [3.05, 3.63) is 64.2 Å². The lowest BCUT2D eigenvalue weighted by molar-refractivity contribution is -0.142. The highest BCUT2D eigenvalue weighted by atomic mass is 16.3. The van der Waals surface area contributed by atoms with Crippen molar-refractivity contribution < 1.29 is 14.7 Å². The molecule has 2 amide bonds. The highest BCUT2D eigenvalue weighted by Gasteiger charge is 2.36. The number of likely N-dealkylation sites (N-methyl/N-ethyl adjacent to an activating group) is 1. The van der Waals surface area contributed by atoms with E-state index >= 15 is 0 Å². The smallest absolute Gasteiger partial charge is 0.241 e. The lowest BCUT2D eigenvalue weighted by Crippen LogP contribution is -2.56. The van der Waals surface area contributed by atoms with Crippen molar-refractivity contribution in [1.82, 2.24) is 10.2 Å². The Balaban J connectivity index is 1.89. The number of nitrogens with zero attached hydrogens (tertiary/aromatic N) is 1. The van der Waals surface area contributed by atoms with Crippen LogP contribution in [0, 0.1) is 13.8 Å². The number of fused-ring (bicyclic) bond motifs is 1. The molecule has 0 radical (unpaired) electrons. The van der Waals surface area contributed by atoms with Gasteiger partial charge in [0.2, 0.25) is 11.8 Å². The molecule has 0 fully saturated rings. The summed E-state index contributed by atoms with van der Waals surface area (Å²) in [5, 5.41) is 12.9. The molecule has 148 valence electrons. The SMILES string of the molecule is CN[C@@H](Cc1c(C)cc(O)cc1C)C(=O)N1Cc2ccccc2CC1C(N)=O. The molecule has 1 aliphatic rings. The van der Waals surface area contributed by atoms with Gasteiger partial charge in [-0.15, -0.1) is 0 Å². The van der Waals surface area contributed by atoms with Gasteiger partial charge in [0, 0.05) is 13.0 Å². The minimum atomic E-state index is -0.653. The second kappa shape index (κ2) is 8.02. The van der Waals surface area contributed by atoms with E-state index in [2.05, 4.69) is 5.32 Å². The number of benzene rings is 2. The fourth-order valence-corrected chi connectivity index (χ4v) is 4.02. The molecule has 2 aromatic carbocycles. The van der Waals surface area contributed by atoms with E-state index in [0.717, 1.165) is 27.8 Å². The highest BCUT2D eigenvalue weighted by molar-refractivity contribution is 5.90. The fourth-order valence-electron chi connectivity index (χ4n) is 4.02. The summed E-state index contributed by atoms with van der Waals surface area (Å²) in [7, 11) is 1.74. The predicted octanol–water partition coefficient (Wildman–Crippen LogP) is 1.58. The third-order valence-corrected chi connectivity index (χ3v) is 5.60. The summed E-state index contributed by atoms with van der Waals surface area (Å²) < 4.78 is 0. The van der Waals surface area contributed by atoms with Crippen LogP contribution < -0.4 is 11.1 Å². The van der Waals surface area contributed by atoms with Gasteiger partial charge in [-0.25, -0.2) is 0 Å². The molecule has 2 atom stereocenters. The maximum absolute atomic E-state index is 13.4. The van der Waals surface area contributed by atoms with Crippen molar-refractivity contribution >= 4 is 11.8 Å². The van der Waals surface area contributed by atoms with E-state index in [4.69, 9.17) is 5.73 Å². The van der Waals surface area contributed by atoms with Gasteiger partial charge in [-0.05, 0) is 67.3 Å². The van der Waals surface area contributed by atoms with Crippen molar-refractivity contribution in [2.45, 2.75) is 45.3 Å². The lowest BCUT2D eigenvalue weighted by atomic mass is 9.91. The number of carbonyl (C=O) groups is 2. The first kappa shape index (κ1) is 19.9. The Kier molecular flexibility index (Phi) is 5.70. The number of phenols is 1. The molecule has 4 N–H and O–H groups in total. The van der Waals surface area contributed by atoms with Crippen LogP contribution >= 0.6 is 0 Å². The molecule has 0 aliphatic carbocycles. The van der Waals surface area contributed by atoms with E-state index in [1.807, 2.05) is 38.1 Å². The van der Waals surface area contributed by atoms with Gasteiger partial charge in [0.05, 0.1) is 6.04 Å². The maximum Gasteiger partial charge on any atom is 0.241 e. The number of aromatic hydroxyl groups is 1. The Morgan fingerprint density at radius 1 is 1.21 bits per heavy atom. The molecule has 6 heteroatoms. The average Bonchev–Trinajstić information content (AvgIpc) is 2.66. The zero-order chi connectivity index (χ0) is 20.4. The minimum Gasteiger partial charge on any atom is -0.508 e. The number of aryl methyl sites for hydroxylation is 2. The molecule has 0 spiro atoms. The molecule has 0 bridgehead atoms. The molecule has 1 aliphatic heterocycles. The summed E-state index contributed by atoms with van der Waals surface area (Å²) in [5.74, 6) is -0.421. The number of phenolic OH excluding ortho intramolecular Hbond substituents is 1. The quantitative estimate of drug-likeness (QED) is 0.733. The monoisotopic (exact) mass is 381 g/mol. The molecule has 0 aromatic heterocycles. The lowest BCUT2D eigenvalue weighted by Gasteiger charge is -2.37. The van der Waals surface area contributed by atoms with E-state index in [1.165, 1.54) is 0 Å². The van der Waals surface area contributed by atoms with E-state index < -0.39 is 18.0 Å². The van der Waals surface area contributed by atoms with Crippen LogP contribution in [0.2, 0.25) is 0 Å². The molecule has 28 heavy (non-hydrogen) atoms. The molecule has 0 saturated carbocycles. The zero-order valence-electron chi connectivity index (χ0n) is 16.5. The first-order chi connectivity index (χ1) is 13.3. The van der Waals surface area contributed by atoms with Crippen molar-refractivity contribution in [3.8, 4) is 5.75 Å². The van der Waals surface area contributed by atoms with Gasteiger partial charge in [-0.3, -0.25) is 9.59 Å². The molecular formula is C22H27N3O3. The van der Waals surface area contributed by atoms with Crippen LogP contribution in [0.3, 0.4) is 0 Å². The summed E-state index contributed by atoms with van der Waals surface area (Å²) >= 11 is 0. The molecule has 3 rings (SSSR count). The number of nitrogens with two attached hydrogens (primary N) is 1. The van der Waals surface area contributed by atoms with Crippen LogP contribution in [0.1, 0.15) is 27.8 Å². The van der Waals surface area contributed by atoms with Crippen LogP contribution in [0.25, 0.3) is 0 Å². The van der Waals surface area contributed by atoms with E-state index in [-0.39, 0.29) is 11.7 Å². The molecule has 1 unspecified atom stereocenters. The molecule has 6 nitrogen and oxygen atoms in total. The highest BCUT2D eigenvalue weighted by Crippen LogP contribution is 2.26. The standard InChI is InChI=1S/C22H27N3O3/c1-13-8-17(26)9-14(2)18(13)11-19(24-3)22(28)25-12-16-7-5-4-6-15(16)10-20(25)21(23)27/h4-9,19-20,24,26H,10-12H2,1-3H3,(H2,23,27)/t19-,20?/m0/s1. The Bertz CT molecular complexity index is 887. The van der Waals surface area contributed by atoms with Gasteiger partial charge in [0.25, 0.3) is 0 Å². The summed E-state index contributed by atoms with van der Waals surface area (Å²) in [4.78, 5) is 27.0. The third kappa shape index (κ3) is 3.87. The van der Waals surface area contributed by atoms with Crippen LogP contribution in [0.4, 0.5) is 0 Å². The van der Waals surface area contributed by atoms with Crippen LogP contribution in [0.15, 0.2) is 36.4 Å². The maximum atomic E-state index is 13.4. The Morgan fingerprint density at radius 2 is 1.82 bits per heavy atom. The van der Waals surface area contributed by atoms with Crippen LogP contribution in [-0.2, 0) is 29.0 Å². The van der Waals surface area contributed by atoms with Crippen LogP contribution in [-0.4, -0.2) is 41.0 Å². The Labute approximate surface area is 165 Å². The Hall–Kier alpha value is -2.86. The van der Waals surface area contributed by atoms with E-state index in [0.29, 0.717) is 19.4 Å². The number of hydrogen-bond donors (Lipinski definition) is 3. The van der Waals surface area contributed by atoms with Gasteiger partial charge in [-0.2, -0.15) is 0 Å². The Morgan fingerprint density at radius 3 is 2.39 bits per heavy atom. The molecule has 2 aromatic rings. The first-order valence-electron chi connectivity index (χ1n) is 9.44. The summed E-state index contributed by atoms with van der Waals surface area (Å²) in [6.07, 6.45) is 0.905. The number of hydrogen-bond acceptors (Lipinski definition) is 4. The van der Waals surface area contributed by atoms with Crippen LogP contribution in [0.5, 0.6) is 5.75 Å². The minimum absolute atomic E-state index is 0.146. The van der Waals surface area contributed by atoms with Gasteiger partial charge < -0.3 is 21.1 Å². The predicted molar refractivity (Wildman–Crippen MR) is 108 cm³/mol. The van der Waals surface area contributed by atoms with Gasteiger partial charge >= 0.3 is 0 Å². The molecule has 1 heterocycles. The number of rotatable bonds is 5. The number of amides is 2. The van der Waals surface area contributed by atoms with Crippen molar-refractivity contribution in [1.29, 1.82) is 0 Å². The van der Waals surface area contributed by atoms with Gasteiger partial charge in [-0.1, -0.05) is 24.3 Å². The van der Waals surface area contributed by atoms with E-state index in [1.54, 1.807) is 24.1 Å². The largest absolute Gasteiger partial charge is 0.508 e. The van der Waals surface area contributed by atoms with Crippen molar-refractivity contribution in [3.63, 3.8) is 0 Å². The number of carbonyl (C=O) groups excluding carboxylic acids is 2.